The highest BCUT2D eigenvalue weighted by Gasteiger charge is 2.48. The summed E-state index contributed by atoms with van der Waals surface area (Å²) in [5, 5.41) is 2.85. The van der Waals surface area contributed by atoms with E-state index in [2.05, 4.69) is 5.32 Å². The molecule has 1 atom stereocenters. The van der Waals surface area contributed by atoms with E-state index in [1.807, 2.05) is 0 Å². The van der Waals surface area contributed by atoms with Crippen molar-refractivity contribution in [2.24, 2.45) is 5.92 Å². The van der Waals surface area contributed by atoms with E-state index in [1.165, 1.54) is 0 Å². The molecule has 2 fully saturated rings. The Bertz CT molecular complexity index is 182. The Morgan fingerprint density at radius 3 is 1.93 bits per heavy atom. The van der Waals surface area contributed by atoms with Gasteiger partial charge < -0.3 is 5.32 Å². The maximum atomic E-state index is 13.9. The fourth-order valence-corrected chi connectivity index (χ4v) is 2.57. The first-order valence-corrected chi connectivity index (χ1v) is 5.82. The van der Waals surface area contributed by atoms with Crippen molar-refractivity contribution in [1.29, 1.82) is 0 Å². The van der Waals surface area contributed by atoms with Gasteiger partial charge in [-0.2, -0.15) is 0 Å². The predicted octanol–water partition coefficient (Wildman–Crippen LogP) is 2.95. The molecule has 2 aliphatic rings. The zero-order chi connectivity index (χ0) is 10.0. The van der Waals surface area contributed by atoms with Crippen LogP contribution in [0.15, 0.2) is 0 Å². The van der Waals surface area contributed by atoms with Gasteiger partial charge >= 0.3 is 0 Å². The van der Waals surface area contributed by atoms with Gasteiger partial charge in [-0.05, 0) is 25.8 Å². The summed E-state index contributed by atoms with van der Waals surface area (Å²) >= 11 is 0. The standard InChI is InChI=1S/C11H19F2N/c12-11(13,10-7-8-14-10)9-5-3-1-2-4-6-9/h9-10,14H,1-8H2. The fourth-order valence-electron chi connectivity index (χ4n) is 2.57. The Morgan fingerprint density at radius 1 is 0.929 bits per heavy atom. The summed E-state index contributed by atoms with van der Waals surface area (Å²) in [5.74, 6) is -2.81. The molecule has 82 valence electrons. The second-order valence-electron chi connectivity index (χ2n) is 4.66. The van der Waals surface area contributed by atoms with Gasteiger partial charge in [0.15, 0.2) is 0 Å². The summed E-state index contributed by atoms with van der Waals surface area (Å²) in [6.45, 7) is 0.771. The quantitative estimate of drug-likeness (QED) is 0.680. The SMILES string of the molecule is FC(F)(C1CCCCCC1)C1CCN1. The van der Waals surface area contributed by atoms with Crippen LogP contribution in [0.2, 0.25) is 0 Å². The molecule has 1 N–H and O–H groups in total. The van der Waals surface area contributed by atoms with Crippen molar-refractivity contribution in [3.05, 3.63) is 0 Å². The lowest BCUT2D eigenvalue weighted by molar-refractivity contribution is -0.111. The van der Waals surface area contributed by atoms with E-state index in [1.54, 1.807) is 0 Å². The first kappa shape index (κ1) is 10.3. The third kappa shape index (κ3) is 1.92. The average Bonchev–Trinajstić information content (AvgIpc) is 2.26. The van der Waals surface area contributed by atoms with Gasteiger partial charge in [0.05, 0.1) is 6.04 Å². The molecule has 1 saturated heterocycles. The van der Waals surface area contributed by atoms with Crippen LogP contribution in [0.25, 0.3) is 0 Å². The van der Waals surface area contributed by atoms with Gasteiger partial charge in [-0.25, -0.2) is 8.78 Å². The van der Waals surface area contributed by atoms with Crippen molar-refractivity contribution in [3.63, 3.8) is 0 Å². The molecule has 0 aromatic carbocycles. The molecule has 0 radical (unpaired) electrons. The topological polar surface area (TPSA) is 12.0 Å². The molecule has 1 saturated carbocycles. The summed E-state index contributed by atoms with van der Waals surface area (Å²) < 4.78 is 27.7. The second kappa shape index (κ2) is 4.13. The van der Waals surface area contributed by atoms with E-state index < -0.39 is 12.0 Å². The van der Waals surface area contributed by atoms with Crippen molar-refractivity contribution >= 4 is 0 Å². The van der Waals surface area contributed by atoms with Crippen molar-refractivity contribution in [1.82, 2.24) is 5.32 Å². The molecule has 1 aliphatic heterocycles. The number of alkyl halides is 2. The molecule has 2 rings (SSSR count). The van der Waals surface area contributed by atoms with E-state index in [4.69, 9.17) is 0 Å². The molecule has 0 bridgehead atoms. The Hall–Kier alpha value is -0.180. The molecule has 0 spiro atoms. The summed E-state index contributed by atoms with van der Waals surface area (Å²) in [6.07, 6.45) is 6.38. The number of halogens is 2. The van der Waals surface area contributed by atoms with Crippen LogP contribution in [0.4, 0.5) is 8.78 Å². The Balaban J connectivity index is 1.95. The highest BCUT2D eigenvalue weighted by Crippen LogP contribution is 2.40. The molecule has 0 aromatic heterocycles. The molecule has 1 nitrogen and oxygen atoms in total. The van der Waals surface area contributed by atoms with E-state index >= 15 is 0 Å². The lowest BCUT2D eigenvalue weighted by Gasteiger charge is -2.39. The Kier molecular flexibility index (Phi) is 3.05. The first-order valence-electron chi connectivity index (χ1n) is 5.82. The molecule has 1 heterocycles. The number of hydrogen-bond acceptors (Lipinski definition) is 1. The van der Waals surface area contributed by atoms with Gasteiger partial charge in [0, 0.05) is 5.92 Å². The maximum absolute atomic E-state index is 13.9. The minimum Gasteiger partial charge on any atom is -0.309 e. The fraction of sp³-hybridized carbons (Fsp3) is 1.00. The van der Waals surface area contributed by atoms with Crippen LogP contribution in [-0.4, -0.2) is 18.5 Å². The molecule has 0 aromatic rings. The summed E-state index contributed by atoms with van der Waals surface area (Å²) in [7, 11) is 0. The van der Waals surface area contributed by atoms with Gasteiger partial charge in [0.2, 0.25) is 0 Å². The van der Waals surface area contributed by atoms with Crippen LogP contribution in [-0.2, 0) is 0 Å². The van der Waals surface area contributed by atoms with Crippen LogP contribution in [0.1, 0.15) is 44.9 Å². The number of rotatable bonds is 2. The lowest BCUT2D eigenvalue weighted by atomic mass is 9.84. The highest BCUT2D eigenvalue weighted by atomic mass is 19.3. The second-order valence-corrected chi connectivity index (χ2v) is 4.66. The van der Waals surface area contributed by atoms with Crippen LogP contribution in [0.5, 0.6) is 0 Å². The maximum Gasteiger partial charge on any atom is 0.265 e. The molecule has 0 amide bonds. The van der Waals surface area contributed by atoms with Gasteiger partial charge in [-0.3, -0.25) is 0 Å². The lowest BCUT2D eigenvalue weighted by Crippen LogP contribution is -2.57. The van der Waals surface area contributed by atoms with Crippen LogP contribution in [0, 0.1) is 5.92 Å². The zero-order valence-corrected chi connectivity index (χ0v) is 8.57. The first-order chi connectivity index (χ1) is 6.71. The van der Waals surface area contributed by atoms with E-state index in [9.17, 15) is 8.78 Å². The molecular formula is C11H19F2N. The smallest absolute Gasteiger partial charge is 0.265 e. The third-order valence-corrected chi connectivity index (χ3v) is 3.69. The predicted molar refractivity (Wildman–Crippen MR) is 52.5 cm³/mol. The van der Waals surface area contributed by atoms with E-state index in [0.717, 1.165) is 45.1 Å². The van der Waals surface area contributed by atoms with Crippen molar-refractivity contribution in [3.8, 4) is 0 Å². The third-order valence-electron chi connectivity index (χ3n) is 3.69. The molecule has 3 heteroatoms. The summed E-state index contributed by atoms with van der Waals surface area (Å²) in [5.41, 5.74) is 0. The van der Waals surface area contributed by atoms with Crippen molar-refractivity contribution in [2.75, 3.05) is 6.54 Å². The highest BCUT2D eigenvalue weighted by molar-refractivity contribution is 4.95. The molecule has 14 heavy (non-hydrogen) atoms. The van der Waals surface area contributed by atoms with Crippen LogP contribution in [0.3, 0.4) is 0 Å². The van der Waals surface area contributed by atoms with Gasteiger partial charge in [-0.1, -0.05) is 25.7 Å². The summed E-state index contributed by atoms with van der Waals surface area (Å²) in [6, 6.07) is -0.523. The minimum atomic E-state index is -2.46. The number of nitrogens with one attached hydrogen (secondary N) is 1. The summed E-state index contributed by atoms with van der Waals surface area (Å²) in [4.78, 5) is 0. The monoisotopic (exact) mass is 203 g/mol. The van der Waals surface area contributed by atoms with Crippen LogP contribution < -0.4 is 5.32 Å². The van der Waals surface area contributed by atoms with Crippen molar-refractivity contribution in [2.45, 2.75) is 56.9 Å². The van der Waals surface area contributed by atoms with Gasteiger partial charge in [0.1, 0.15) is 0 Å². The van der Waals surface area contributed by atoms with E-state index in [0.29, 0.717) is 6.42 Å². The van der Waals surface area contributed by atoms with Crippen molar-refractivity contribution < 1.29 is 8.78 Å². The van der Waals surface area contributed by atoms with Gasteiger partial charge in [-0.15, -0.1) is 0 Å². The normalized spacial score (nSPS) is 30.9. The number of hydrogen-bond donors (Lipinski definition) is 1. The van der Waals surface area contributed by atoms with Crippen LogP contribution >= 0.6 is 0 Å². The largest absolute Gasteiger partial charge is 0.309 e. The van der Waals surface area contributed by atoms with Gasteiger partial charge in [0.25, 0.3) is 5.92 Å². The average molecular weight is 203 g/mol. The Labute approximate surface area is 84.3 Å². The Morgan fingerprint density at radius 2 is 1.50 bits per heavy atom. The van der Waals surface area contributed by atoms with E-state index in [-0.39, 0.29) is 5.92 Å². The molecular weight excluding hydrogens is 184 g/mol. The molecule has 1 aliphatic carbocycles. The molecule has 1 unspecified atom stereocenters. The zero-order valence-electron chi connectivity index (χ0n) is 8.57. The minimum absolute atomic E-state index is 0.359.